The Kier molecular flexibility index (Phi) is 6.97. The van der Waals surface area contributed by atoms with Crippen molar-refractivity contribution < 1.29 is 14.3 Å². The number of carbonyl (C=O) groups is 1. The second-order valence-electron chi connectivity index (χ2n) is 9.95. The minimum absolute atomic E-state index is 0.00640. The Bertz CT molecular complexity index is 1230. The van der Waals surface area contributed by atoms with Crippen LogP contribution in [0.1, 0.15) is 48.5 Å². The molecule has 0 spiro atoms. The second kappa shape index (κ2) is 10.3. The molecule has 5 rings (SSSR count). The van der Waals surface area contributed by atoms with Crippen LogP contribution >= 0.6 is 0 Å². The van der Waals surface area contributed by atoms with Crippen molar-refractivity contribution in [2.45, 2.75) is 57.7 Å². The highest BCUT2D eigenvalue weighted by Crippen LogP contribution is 2.25. The van der Waals surface area contributed by atoms with Crippen molar-refractivity contribution in [3.63, 3.8) is 0 Å². The van der Waals surface area contributed by atoms with Crippen LogP contribution in [0.3, 0.4) is 0 Å². The lowest BCUT2D eigenvalue weighted by Crippen LogP contribution is -2.41. The summed E-state index contributed by atoms with van der Waals surface area (Å²) in [6.45, 7) is 6.20. The molecule has 9 nitrogen and oxygen atoms in total. The lowest BCUT2D eigenvalue weighted by Gasteiger charge is -2.33. The molecule has 190 valence electrons. The molecule has 2 aliphatic rings. The number of β-amino-alcohol motifs (C(OH)–C–C–N with tert-alkyl or cyclic N) is 1. The minimum atomic E-state index is -0.547. The molecule has 2 fully saturated rings. The van der Waals surface area contributed by atoms with Crippen molar-refractivity contribution in [1.29, 1.82) is 0 Å². The van der Waals surface area contributed by atoms with Crippen molar-refractivity contribution in [3.8, 4) is 16.9 Å². The van der Waals surface area contributed by atoms with E-state index in [4.69, 9.17) is 0 Å². The maximum absolute atomic E-state index is 14.5. The Morgan fingerprint density at radius 2 is 1.94 bits per heavy atom. The van der Waals surface area contributed by atoms with Gasteiger partial charge in [0.25, 0.3) is 5.91 Å². The monoisotopic (exact) mass is 493 g/mol. The number of anilines is 1. The molecule has 1 saturated heterocycles. The van der Waals surface area contributed by atoms with Gasteiger partial charge in [-0.1, -0.05) is 5.21 Å². The Morgan fingerprint density at radius 1 is 1.17 bits per heavy atom. The van der Waals surface area contributed by atoms with E-state index >= 15 is 0 Å². The number of aliphatic hydroxyl groups is 1. The average molecular weight is 494 g/mol. The fourth-order valence-corrected chi connectivity index (χ4v) is 4.61. The number of likely N-dealkylation sites (tertiary alicyclic amines) is 1. The number of amides is 1. The van der Waals surface area contributed by atoms with Gasteiger partial charge in [0.05, 0.1) is 29.2 Å². The first-order chi connectivity index (χ1) is 17.4. The van der Waals surface area contributed by atoms with Crippen molar-refractivity contribution in [2.24, 2.45) is 0 Å². The van der Waals surface area contributed by atoms with E-state index in [1.807, 2.05) is 13.0 Å². The number of aromatic nitrogens is 4. The van der Waals surface area contributed by atoms with Crippen LogP contribution in [-0.2, 0) is 0 Å². The number of rotatable bonds is 8. The van der Waals surface area contributed by atoms with E-state index in [0.717, 1.165) is 50.0 Å². The first-order valence-corrected chi connectivity index (χ1v) is 12.5. The number of aliphatic hydroxyl groups excluding tert-OH is 1. The van der Waals surface area contributed by atoms with Gasteiger partial charge in [0, 0.05) is 49.7 Å². The molecule has 1 amide bonds. The Hall–Kier alpha value is -3.37. The Labute approximate surface area is 209 Å². The molecule has 1 aliphatic heterocycles. The highest BCUT2D eigenvalue weighted by atomic mass is 19.1. The van der Waals surface area contributed by atoms with Crippen LogP contribution in [0, 0.1) is 12.7 Å². The van der Waals surface area contributed by atoms with E-state index in [2.05, 4.69) is 30.8 Å². The van der Waals surface area contributed by atoms with E-state index in [1.54, 1.807) is 30.2 Å². The van der Waals surface area contributed by atoms with Gasteiger partial charge in [0.1, 0.15) is 11.5 Å². The highest BCUT2D eigenvalue weighted by Gasteiger charge is 2.26. The van der Waals surface area contributed by atoms with Gasteiger partial charge < -0.3 is 20.6 Å². The van der Waals surface area contributed by atoms with Crippen LogP contribution < -0.4 is 10.6 Å². The molecule has 2 aromatic heterocycles. The lowest BCUT2D eigenvalue weighted by molar-refractivity contribution is 0.0947. The van der Waals surface area contributed by atoms with Gasteiger partial charge >= 0.3 is 0 Å². The molecule has 0 bridgehead atoms. The first kappa shape index (κ1) is 24.3. The molecular weight excluding hydrogens is 461 g/mol. The fraction of sp³-hybridized carbons (Fsp3) is 0.462. The van der Waals surface area contributed by atoms with Crippen LogP contribution in [-0.4, -0.2) is 73.7 Å². The number of nitrogens with zero attached hydrogens (tertiary/aromatic N) is 5. The number of hydrogen-bond acceptors (Lipinski definition) is 7. The van der Waals surface area contributed by atoms with Gasteiger partial charge in [-0.15, -0.1) is 5.10 Å². The van der Waals surface area contributed by atoms with Crippen LogP contribution in [0.5, 0.6) is 0 Å². The Morgan fingerprint density at radius 3 is 2.67 bits per heavy atom. The van der Waals surface area contributed by atoms with Crippen LogP contribution in [0.15, 0.2) is 36.8 Å². The number of hydrogen-bond donors (Lipinski definition) is 3. The number of halogens is 1. The molecule has 1 atom stereocenters. The number of piperidine rings is 1. The maximum atomic E-state index is 14.5. The predicted octanol–water partition coefficient (Wildman–Crippen LogP) is 2.93. The minimum Gasteiger partial charge on any atom is -0.392 e. The normalized spacial score (nSPS) is 17.7. The van der Waals surface area contributed by atoms with Crippen LogP contribution in [0.25, 0.3) is 16.9 Å². The molecule has 1 aromatic carbocycles. The van der Waals surface area contributed by atoms with E-state index in [-0.39, 0.29) is 17.7 Å². The summed E-state index contributed by atoms with van der Waals surface area (Å²) in [6, 6.07) is 5.36. The zero-order valence-corrected chi connectivity index (χ0v) is 20.6. The molecule has 1 aliphatic carbocycles. The molecule has 0 unspecified atom stereocenters. The molecular formula is C26H32FN7O2. The quantitative estimate of drug-likeness (QED) is 0.443. The summed E-state index contributed by atoms with van der Waals surface area (Å²) in [6.07, 6.45) is 8.83. The number of aryl methyl sites for hydroxylation is 1. The van der Waals surface area contributed by atoms with Crippen molar-refractivity contribution in [3.05, 3.63) is 53.7 Å². The largest absolute Gasteiger partial charge is 0.392 e. The van der Waals surface area contributed by atoms with Gasteiger partial charge in [-0.2, -0.15) is 0 Å². The van der Waals surface area contributed by atoms with Gasteiger partial charge in [0.15, 0.2) is 0 Å². The van der Waals surface area contributed by atoms with E-state index in [1.165, 1.54) is 12.1 Å². The third-order valence-electron chi connectivity index (χ3n) is 6.70. The zero-order valence-electron chi connectivity index (χ0n) is 20.6. The molecule has 36 heavy (non-hydrogen) atoms. The van der Waals surface area contributed by atoms with E-state index in [9.17, 15) is 14.3 Å². The number of carbonyl (C=O) groups excluding carboxylic acids is 1. The number of benzene rings is 1. The topological polar surface area (TPSA) is 108 Å². The highest BCUT2D eigenvalue weighted by molar-refractivity contribution is 5.95. The SMILES string of the molecule is Cc1cc(F)c(C(=O)NC2CC2)cc1-n1cc(-c2cncc(NC3CCN(C[C@H](C)O)CC3)c2)nn1. The van der Waals surface area contributed by atoms with Crippen LogP contribution in [0.4, 0.5) is 10.1 Å². The summed E-state index contributed by atoms with van der Waals surface area (Å²) in [5.74, 6) is -0.953. The van der Waals surface area contributed by atoms with Crippen LogP contribution in [0.2, 0.25) is 0 Å². The predicted molar refractivity (Wildman–Crippen MR) is 135 cm³/mol. The standard InChI is InChI=1S/C26H32FN7O2/c1-16-9-23(27)22(26(36)30-19-3-4-19)11-25(16)34-15-24(31-32-34)18-10-21(13-28-12-18)29-20-5-7-33(8-6-20)14-17(2)35/h9-13,15,17,19-20,29,35H,3-8,14H2,1-2H3,(H,30,36)/t17-/m0/s1. The molecule has 3 aromatic rings. The fourth-order valence-electron chi connectivity index (χ4n) is 4.61. The number of nitrogens with one attached hydrogen (secondary N) is 2. The van der Waals surface area contributed by atoms with Gasteiger partial charge in [-0.3, -0.25) is 9.78 Å². The Balaban J connectivity index is 1.29. The van der Waals surface area contributed by atoms with Crippen molar-refractivity contribution in [2.75, 3.05) is 25.0 Å². The third kappa shape index (κ3) is 5.71. The molecule has 10 heteroatoms. The summed E-state index contributed by atoms with van der Waals surface area (Å²) in [5.41, 5.74) is 3.61. The lowest BCUT2D eigenvalue weighted by atomic mass is 10.0. The van der Waals surface area contributed by atoms with Crippen molar-refractivity contribution in [1.82, 2.24) is 30.2 Å². The summed E-state index contributed by atoms with van der Waals surface area (Å²) in [7, 11) is 0. The smallest absolute Gasteiger partial charge is 0.254 e. The number of pyridine rings is 1. The van der Waals surface area contributed by atoms with Crippen molar-refractivity contribution >= 4 is 11.6 Å². The maximum Gasteiger partial charge on any atom is 0.254 e. The molecule has 0 radical (unpaired) electrons. The summed E-state index contributed by atoms with van der Waals surface area (Å²) in [4.78, 5) is 19.1. The third-order valence-corrected chi connectivity index (χ3v) is 6.70. The zero-order chi connectivity index (χ0) is 25.2. The summed E-state index contributed by atoms with van der Waals surface area (Å²) < 4.78 is 16.1. The summed E-state index contributed by atoms with van der Waals surface area (Å²) in [5, 5.41) is 24.6. The van der Waals surface area contributed by atoms with E-state index in [0.29, 0.717) is 29.5 Å². The second-order valence-corrected chi connectivity index (χ2v) is 9.95. The molecule has 3 N–H and O–H groups in total. The first-order valence-electron chi connectivity index (χ1n) is 12.5. The van der Waals surface area contributed by atoms with Gasteiger partial charge in [-0.05, 0) is 63.3 Å². The molecule has 1 saturated carbocycles. The average Bonchev–Trinajstić information content (AvgIpc) is 3.52. The van der Waals surface area contributed by atoms with Gasteiger partial charge in [-0.25, -0.2) is 9.07 Å². The van der Waals surface area contributed by atoms with E-state index < -0.39 is 11.7 Å². The van der Waals surface area contributed by atoms with Gasteiger partial charge in [0.2, 0.25) is 0 Å². The summed E-state index contributed by atoms with van der Waals surface area (Å²) >= 11 is 0. The molecule has 3 heterocycles.